The number of nitrogens with zero attached hydrogens (tertiary/aromatic N) is 1. The highest BCUT2D eigenvalue weighted by molar-refractivity contribution is 6.04. The van der Waals surface area contributed by atoms with Crippen LogP contribution < -0.4 is 26.4 Å². The maximum Gasteiger partial charge on any atom is 0.319 e. The fourth-order valence-electron chi connectivity index (χ4n) is 2.99. The van der Waals surface area contributed by atoms with E-state index in [9.17, 15) is 14.7 Å². The van der Waals surface area contributed by atoms with Crippen molar-refractivity contribution in [3.05, 3.63) is 78.1 Å². The Kier molecular flexibility index (Phi) is 7.60. The van der Waals surface area contributed by atoms with E-state index in [-0.39, 0.29) is 18.7 Å². The Morgan fingerprint density at radius 3 is 2.44 bits per heavy atom. The first-order valence-corrected chi connectivity index (χ1v) is 9.94. The van der Waals surface area contributed by atoms with Gasteiger partial charge in [0.1, 0.15) is 11.4 Å². The van der Waals surface area contributed by atoms with Crippen molar-refractivity contribution in [2.24, 2.45) is 0 Å². The maximum atomic E-state index is 12.4. The number of nitrogen functional groups attached to an aromatic ring is 1. The van der Waals surface area contributed by atoms with Gasteiger partial charge in [-0.1, -0.05) is 18.2 Å². The Balaban J connectivity index is 1.64. The molecular weight excluding hydrogens is 410 g/mol. The van der Waals surface area contributed by atoms with E-state index in [0.717, 1.165) is 0 Å². The molecule has 3 rings (SSSR count). The Morgan fingerprint density at radius 1 is 1.06 bits per heavy atom. The molecule has 32 heavy (non-hydrogen) atoms. The summed E-state index contributed by atoms with van der Waals surface area (Å²) in [6, 6.07) is 16.1. The van der Waals surface area contributed by atoms with E-state index in [1.54, 1.807) is 67.8 Å². The molecular formula is C23H25N5O4. The van der Waals surface area contributed by atoms with E-state index >= 15 is 0 Å². The van der Waals surface area contributed by atoms with Gasteiger partial charge in [0.05, 0.1) is 24.5 Å². The highest BCUT2D eigenvalue weighted by Crippen LogP contribution is 2.20. The van der Waals surface area contributed by atoms with Gasteiger partial charge in [0.2, 0.25) is 0 Å². The molecule has 0 radical (unpaired) electrons. The molecule has 0 fully saturated rings. The fourth-order valence-corrected chi connectivity index (χ4v) is 2.99. The van der Waals surface area contributed by atoms with E-state index in [4.69, 9.17) is 10.5 Å². The molecule has 0 aliphatic carbocycles. The largest absolute Gasteiger partial charge is 0.497 e. The van der Waals surface area contributed by atoms with Crippen LogP contribution in [0.15, 0.2) is 66.9 Å². The Morgan fingerprint density at radius 2 is 1.81 bits per heavy atom. The third kappa shape index (κ3) is 5.96. The van der Waals surface area contributed by atoms with Crippen LogP contribution in [0.4, 0.5) is 21.9 Å². The van der Waals surface area contributed by atoms with Crippen LogP contribution in [-0.4, -0.2) is 35.7 Å². The summed E-state index contributed by atoms with van der Waals surface area (Å²) in [5.74, 6) is 0.276. The predicted molar refractivity (Wildman–Crippen MR) is 123 cm³/mol. The fraction of sp³-hybridized carbons (Fsp3) is 0.174. The number of nitrogens with one attached hydrogen (secondary N) is 3. The number of anilines is 3. The summed E-state index contributed by atoms with van der Waals surface area (Å²) in [6.45, 7) is -0.136. The number of para-hydroxylation sites is 2. The number of methoxy groups -OCH3 is 1. The average Bonchev–Trinajstić information content (AvgIpc) is 2.81. The zero-order valence-corrected chi connectivity index (χ0v) is 17.5. The van der Waals surface area contributed by atoms with Crippen LogP contribution in [0.25, 0.3) is 0 Å². The van der Waals surface area contributed by atoms with Crippen molar-refractivity contribution in [3.8, 4) is 5.75 Å². The van der Waals surface area contributed by atoms with E-state index in [1.807, 2.05) is 0 Å². The molecule has 0 bridgehead atoms. The molecule has 0 saturated carbocycles. The van der Waals surface area contributed by atoms with E-state index in [2.05, 4.69) is 20.9 Å². The number of pyridine rings is 1. The first kappa shape index (κ1) is 22.6. The second-order valence-corrected chi connectivity index (χ2v) is 6.91. The number of amides is 3. The van der Waals surface area contributed by atoms with Crippen LogP contribution in [0, 0.1) is 0 Å². The molecule has 1 heterocycles. The normalized spacial score (nSPS) is 11.3. The SMILES string of the molecule is COc1ccc(NC(=O)NC(CCO)c2ccc(C(=O)Nc3ccccc3N)nc2)cc1. The standard InChI is InChI=1S/C23H25N5O4/c1-32-17-9-7-16(8-10-17)26-23(31)28-19(12-13-29)15-6-11-21(25-14-15)22(30)27-20-5-3-2-4-18(20)24/h2-11,14,19,29H,12-13,24H2,1H3,(H,27,30)(H2,26,28,31). The van der Waals surface area contributed by atoms with E-state index in [0.29, 0.717) is 28.4 Å². The van der Waals surface area contributed by atoms with Crippen LogP contribution in [0.2, 0.25) is 0 Å². The minimum atomic E-state index is -0.493. The van der Waals surface area contributed by atoms with Crippen LogP contribution in [0.3, 0.4) is 0 Å². The van der Waals surface area contributed by atoms with Crippen molar-refractivity contribution in [3.63, 3.8) is 0 Å². The quantitative estimate of drug-likeness (QED) is 0.345. The van der Waals surface area contributed by atoms with E-state index < -0.39 is 18.0 Å². The summed E-state index contributed by atoms with van der Waals surface area (Å²) in [5.41, 5.74) is 8.24. The van der Waals surface area contributed by atoms with Crippen LogP contribution >= 0.6 is 0 Å². The topological polar surface area (TPSA) is 139 Å². The molecule has 9 heteroatoms. The summed E-state index contributed by atoms with van der Waals surface area (Å²) < 4.78 is 5.10. The zero-order valence-electron chi connectivity index (χ0n) is 17.5. The third-order valence-electron chi connectivity index (χ3n) is 4.70. The molecule has 0 aliphatic rings. The first-order chi connectivity index (χ1) is 15.5. The number of hydrogen-bond donors (Lipinski definition) is 5. The molecule has 3 amide bonds. The minimum Gasteiger partial charge on any atom is -0.497 e. The molecule has 166 valence electrons. The molecule has 0 spiro atoms. The highest BCUT2D eigenvalue weighted by Gasteiger charge is 2.16. The zero-order chi connectivity index (χ0) is 22.9. The number of hydrogen-bond acceptors (Lipinski definition) is 6. The lowest BCUT2D eigenvalue weighted by atomic mass is 10.1. The molecule has 1 aromatic heterocycles. The van der Waals surface area contributed by atoms with Gasteiger partial charge in [-0.25, -0.2) is 4.79 Å². The van der Waals surface area contributed by atoms with Gasteiger partial charge in [0, 0.05) is 18.5 Å². The lowest BCUT2D eigenvalue weighted by Crippen LogP contribution is -2.33. The summed E-state index contributed by atoms with van der Waals surface area (Å²) in [7, 11) is 1.56. The molecule has 0 aliphatic heterocycles. The maximum absolute atomic E-state index is 12.4. The number of aliphatic hydroxyl groups is 1. The van der Waals surface area contributed by atoms with Gasteiger partial charge in [0.25, 0.3) is 5.91 Å². The summed E-state index contributed by atoms with van der Waals surface area (Å²) >= 11 is 0. The number of benzene rings is 2. The second-order valence-electron chi connectivity index (χ2n) is 6.91. The van der Waals surface area contributed by atoms with Crippen LogP contribution in [0.1, 0.15) is 28.5 Å². The van der Waals surface area contributed by atoms with Crippen molar-refractivity contribution in [1.29, 1.82) is 0 Å². The Bertz CT molecular complexity index is 1050. The Hall–Kier alpha value is -4.11. The van der Waals surface area contributed by atoms with Gasteiger partial charge >= 0.3 is 6.03 Å². The smallest absolute Gasteiger partial charge is 0.319 e. The van der Waals surface area contributed by atoms with Crippen LogP contribution in [0.5, 0.6) is 5.75 Å². The molecule has 6 N–H and O–H groups in total. The number of rotatable bonds is 8. The molecule has 2 aromatic carbocycles. The molecule has 1 atom stereocenters. The van der Waals surface area contributed by atoms with Gasteiger partial charge in [-0.3, -0.25) is 9.78 Å². The van der Waals surface area contributed by atoms with Gasteiger partial charge in [-0.05, 0) is 54.4 Å². The minimum absolute atomic E-state index is 0.136. The lowest BCUT2D eigenvalue weighted by Gasteiger charge is -2.19. The first-order valence-electron chi connectivity index (χ1n) is 9.94. The number of aliphatic hydroxyl groups excluding tert-OH is 1. The predicted octanol–water partition coefficient (Wildman–Crippen LogP) is 3.17. The van der Waals surface area contributed by atoms with E-state index in [1.165, 1.54) is 6.20 Å². The molecule has 9 nitrogen and oxygen atoms in total. The van der Waals surface area contributed by atoms with Crippen molar-refractivity contribution in [2.45, 2.75) is 12.5 Å². The molecule has 1 unspecified atom stereocenters. The number of ether oxygens (including phenoxy) is 1. The third-order valence-corrected chi connectivity index (χ3v) is 4.70. The van der Waals surface area contributed by atoms with Crippen molar-refractivity contribution in [2.75, 3.05) is 30.1 Å². The van der Waals surface area contributed by atoms with Gasteiger partial charge < -0.3 is 31.5 Å². The molecule has 0 saturated heterocycles. The number of aromatic nitrogens is 1. The monoisotopic (exact) mass is 435 g/mol. The number of carbonyl (C=O) groups excluding carboxylic acids is 2. The van der Waals surface area contributed by atoms with Crippen LogP contribution in [-0.2, 0) is 0 Å². The number of urea groups is 1. The van der Waals surface area contributed by atoms with Gasteiger partial charge in [-0.2, -0.15) is 0 Å². The van der Waals surface area contributed by atoms with Crippen molar-refractivity contribution in [1.82, 2.24) is 10.3 Å². The number of carbonyl (C=O) groups is 2. The number of nitrogens with two attached hydrogens (primary N) is 1. The second kappa shape index (κ2) is 10.8. The van der Waals surface area contributed by atoms with Crippen molar-refractivity contribution >= 4 is 29.0 Å². The average molecular weight is 435 g/mol. The highest BCUT2D eigenvalue weighted by atomic mass is 16.5. The summed E-state index contributed by atoms with van der Waals surface area (Å²) in [5, 5.41) is 17.7. The van der Waals surface area contributed by atoms with Gasteiger partial charge in [-0.15, -0.1) is 0 Å². The summed E-state index contributed by atoms with van der Waals surface area (Å²) in [4.78, 5) is 29.0. The van der Waals surface area contributed by atoms with Crippen molar-refractivity contribution < 1.29 is 19.4 Å². The lowest BCUT2D eigenvalue weighted by molar-refractivity contribution is 0.102. The Labute approximate surface area is 185 Å². The molecule has 3 aromatic rings. The summed E-state index contributed by atoms with van der Waals surface area (Å²) in [6.07, 6.45) is 1.78. The van der Waals surface area contributed by atoms with Gasteiger partial charge in [0.15, 0.2) is 0 Å².